The largest absolute Gasteiger partial charge is 0.352 e. The van der Waals surface area contributed by atoms with Crippen LogP contribution in [-0.2, 0) is 22.6 Å². The number of carbonyl (C=O) groups is 2. The van der Waals surface area contributed by atoms with Gasteiger partial charge in [-0.25, -0.2) is 0 Å². The van der Waals surface area contributed by atoms with E-state index in [1.807, 2.05) is 92.7 Å². The Morgan fingerprint density at radius 2 is 1.61 bits per heavy atom. The van der Waals surface area contributed by atoms with Crippen molar-refractivity contribution >= 4 is 51.1 Å². The van der Waals surface area contributed by atoms with Crippen LogP contribution in [0.25, 0.3) is 0 Å². The fourth-order valence-corrected chi connectivity index (χ4v) is 5.05. The van der Waals surface area contributed by atoms with E-state index in [1.54, 1.807) is 16.7 Å². The second-order valence-corrected chi connectivity index (χ2v) is 11.4. The molecule has 36 heavy (non-hydrogen) atoms. The number of hydrogen-bond donors (Lipinski definition) is 1. The summed E-state index contributed by atoms with van der Waals surface area (Å²) in [6.45, 7) is 4.25. The van der Waals surface area contributed by atoms with Crippen molar-refractivity contribution in [1.29, 1.82) is 0 Å². The molecule has 7 heteroatoms. The number of nitrogens with zero attached hydrogens (tertiary/aromatic N) is 1. The molecule has 0 saturated carbocycles. The van der Waals surface area contributed by atoms with Gasteiger partial charge >= 0.3 is 0 Å². The molecule has 0 aromatic heterocycles. The predicted octanol–water partition coefficient (Wildman–Crippen LogP) is 7.14. The number of nitrogens with one attached hydrogen (secondary N) is 1. The van der Waals surface area contributed by atoms with Crippen molar-refractivity contribution in [2.75, 3.05) is 5.75 Å². The van der Waals surface area contributed by atoms with Gasteiger partial charge in [0.15, 0.2) is 0 Å². The summed E-state index contributed by atoms with van der Waals surface area (Å²) in [5, 5.41) is 3.74. The molecule has 0 bridgehead atoms. The normalized spacial score (nSPS) is 11.8. The first kappa shape index (κ1) is 28.3. The monoisotopic (exact) mass is 586 g/mol. The number of benzene rings is 3. The summed E-state index contributed by atoms with van der Waals surface area (Å²) in [4.78, 5) is 29.8. The van der Waals surface area contributed by atoms with Crippen LogP contribution >= 0.6 is 39.3 Å². The molecule has 0 saturated heterocycles. The van der Waals surface area contributed by atoms with Crippen molar-refractivity contribution in [3.05, 3.63) is 99.5 Å². The van der Waals surface area contributed by atoms with Crippen LogP contribution in [0.5, 0.6) is 0 Å². The maximum absolute atomic E-state index is 13.6. The third-order valence-electron chi connectivity index (χ3n) is 5.59. The molecule has 1 atom stereocenters. The summed E-state index contributed by atoms with van der Waals surface area (Å²) in [6, 6.07) is 24.9. The Balaban J connectivity index is 1.77. The Kier molecular flexibility index (Phi) is 11.4. The van der Waals surface area contributed by atoms with Gasteiger partial charge in [0.25, 0.3) is 0 Å². The van der Waals surface area contributed by atoms with Gasteiger partial charge in [-0.1, -0.05) is 70.0 Å². The lowest BCUT2D eigenvalue weighted by molar-refractivity contribution is -0.141. The van der Waals surface area contributed by atoms with Crippen LogP contribution in [0.1, 0.15) is 37.8 Å². The molecule has 190 valence electrons. The van der Waals surface area contributed by atoms with Crippen LogP contribution in [0.3, 0.4) is 0 Å². The number of hydrogen-bond acceptors (Lipinski definition) is 3. The highest BCUT2D eigenvalue weighted by atomic mass is 79.9. The molecular weight excluding hydrogens is 556 g/mol. The van der Waals surface area contributed by atoms with E-state index in [9.17, 15) is 9.59 Å². The van der Waals surface area contributed by atoms with E-state index in [2.05, 4.69) is 21.2 Å². The van der Waals surface area contributed by atoms with E-state index in [4.69, 9.17) is 11.6 Å². The van der Waals surface area contributed by atoms with Crippen LogP contribution in [0.15, 0.2) is 88.2 Å². The Labute approximate surface area is 231 Å². The third-order valence-corrected chi connectivity index (χ3v) is 7.46. The van der Waals surface area contributed by atoms with Crippen LogP contribution in [0.2, 0.25) is 5.02 Å². The summed E-state index contributed by atoms with van der Waals surface area (Å²) in [5.41, 5.74) is 2.01. The Morgan fingerprint density at radius 1 is 0.944 bits per heavy atom. The number of rotatable bonds is 12. The molecule has 0 spiro atoms. The molecule has 0 radical (unpaired) electrons. The van der Waals surface area contributed by atoms with Crippen LogP contribution in [0.4, 0.5) is 0 Å². The van der Waals surface area contributed by atoms with Gasteiger partial charge in [0.05, 0.1) is 0 Å². The number of amides is 2. The van der Waals surface area contributed by atoms with E-state index in [0.29, 0.717) is 30.8 Å². The van der Waals surface area contributed by atoms with E-state index in [-0.39, 0.29) is 17.9 Å². The van der Waals surface area contributed by atoms with E-state index in [1.165, 1.54) is 0 Å². The average Bonchev–Trinajstić information content (AvgIpc) is 2.86. The zero-order valence-electron chi connectivity index (χ0n) is 20.6. The van der Waals surface area contributed by atoms with Crippen LogP contribution in [0, 0.1) is 0 Å². The maximum atomic E-state index is 13.6. The van der Waals surface area contributed by atoms with E-state index >= 15 is 0 Å². The van der Waals surface area contributed by atoms with Crippen molar-refractivity contribution in [3.8, 4) is 0 Å². The van der Waals surface area contributed by atoms with Crippen LogP contribution in [-0.4, -0.2) is 34.6 Å². The second kappa shape index (κ2) is 14.5. The molecule has 0 fully saturated rings. The van der Waals surface area contributed by atoms with Crippen molar-refractivity contribution in [2.24, 2.45) is 0 Å². The van der Waals surface area contributed by atoms with E-state index in [0.717, 1.165) is 26.2 Å². The molecule has 3 aromatic carbocycles. The summed E-state index contributed by atoms with van der Waals surface area (Å²) in [5.74, 6) is 0.658. The van der Waals surface area contributed by atoms with Crippen LogP contribution < -0.4 is 5.32 Å². The third kappa shape index (κ3) is 9.30. The average molecular weight is 588 g/mol. The van der Waals surface area contributed by atoms with Crippen molar-refractivity contribution < 1.29 is 9.59 Å². The summed E-state index contributed by atoms with van der Waals surface area (Å²) in [6.07, 6.45) is 1.55. The van der Waals surface area contributed by atoms with Gasteiger partial charge in [-0.15, -0.1) is 11.8 Å². The van der Waals surface area contributed by atoms with Gasteiger partial charge in [0, 0.05) is 39.8 Å². The van der Waals surface area contributed by atoms with Gasteiger partial charge in [-0.05, 0) is 73.5 Å². The molecule has 0 aliphatic rings. The fraction of sp³-hybridized carbons (Fsp3) is 0.310. The first-order valence-electron chi connectivity index (χ1n) is 12.1. The zero-order chi connectivity index (χ0) is 25.9. The highest BCUT2D eigenvalue weighted by Gasteiger charge is 2.30. The Bertz CT molecular complexity index is 1110. The van der Waals surface area contributed by atoms with Crippen molar-refractivity contribution in [2.45, 2.75) is 56.6 Å². The minimum absolute atomic E-state index is 0.0174. The molecule has 4 nitrogen and oxygen atoms in total. The fourth-order valence-electron chi connectivity index (χ4n) is 3.81. The smallest absolute Gasteiger partial charge is 0.243 e. The first-order chi connectivity index (χ1) is 17.3. The lowest BCUT2D eigenvalue weighted by Crippen LogP contribution is -2.51. The Hall–Kier alpha value is -2.28. The minimum Gasteiger partial charge on any atom is -0.352 e. The molecule has 1 N–H and O–H groups in total. The highest BCUT2D eigenvalue weighted by molar-refractivity contribution is 9.10. The standard InChI is InChI=1S/C29H32BrClN2O2S/c1-21(2)32-29(35)27(19-22-7-4-3-5-8-22)33(20-23-10-12-24(30)13-11-23)28(34)9-6-18-36-26-16-14-25(31)15-17-26/h3-5,7-8,10-17,21,27H,6,9,18-20H2,1-2H3,(H,32,35)/t27-/m1/s1. The Morgan fingerprint density at radius 3 is 2.25 bits per heavy atom. The van der Waals surface area contributed by atoms with Gasteiger partial charge in [0.1, 0.15) is 6.04 Å². The topological polar surface area (TPSA) is 49.4 Å². The molecule has 3 aromatic rings. The van der Waals surface area contributed by atoms with Crippen molar-refractivity contribution in [3.63, 3.8) is 0 Å². The zero-order valence-corrected chi connectivity index (χ0v) is 23.8. The molecule has 0 heterocycles. The van der Waals surface area contributed by atoms with Gasteiger partial charge in [-0.3, -0.25) is 9.59 Å². The summed E-state index contributed by atoms with van der Waals surface area (Å²) >= 11 is 11.1. The lowest BCUT2D eigenvalue weighted by Gasteiger charge is -2.32. The van der Waals surface area contributed by atoms with Crippen molar-refractivity contribution in [1.82, 2.24) is 10.2 Å². The number of thioether (sulfide) groups is 1. The lowest BCUT2D eigenvalue weighted by atomic mass is 10.0. The highest BCUT2D eigenvalue weighted by Crippen LogP contribution is 2.23. The summed E-state index contributed by atoms with van der Waals surface area (Å²) in [7, 11) is 0. The SMILES string of the molecule is CC(C)NC(=O)[C@@H](Cc1ccccc1)N(Cc1ccc(Br)cc1)C(=O)CCCSc1ccc(Cl)cc1. The van der Waals surface area contributed by atoms with Gasteiger partial charge < -0.3 is 10.2 Å². The van der Waals surface area contributed by atoms with E-state index < -0.39 is 6.04 Å². The first-order valence-corrected chi connectivity index (χ1v) is 14.2. The molecule has 0 aliphatic carbocycles. The molecule has 3 rings (SSSR count). The predicted molar refractivity (Wildman–Crippen MR) is 153 cm³/mol. The van der Waals surface area contributed by atoms with Gasteiger partial charge in [0.2, 0.25) is 11.8 Å². The second-order valence-electron chi connectivity index (χ2n) is 8.92. The minimum atomic E-state index is -0.602. The molecular formula is C29H32BrClN2O2S. The quantitative estimate of drug-likeness (QED) is 0.181. The maximum Gasteiger partial charge on any atom is 0.243 e. The molecule has 2 amide bonds. The van der Waals surface area contributed by atoms with Gasteiger partial charge in [-0.2, -0.15) is 0 Å². The summed E-state index contributed by atoms with van der Waals surface area (Å²) < 4.78 is 0.974. The molecule has 0 aliphatic heterocycles. The number of carbonyl (C=O) groups excluding carboxylic acids is 2. The molecule has 0 unspecified atom stereocenters. The number of halogens is 2.